The monoisotopic (exact) mass is 391 g/mol. The van der Waals surface area contributed by atoms with E-state index < -0.39 is 6.04 Å². The molecule has 0 aliphatic heterocycles. The standard InChI is InChI=1S/C20H25N3O3.ClH/c1-14-7-9-16(10-8-14)19(21)20(25)22-12-15-5-4-6-17(11-15)26-13-18(24)23(2)3;/h4-11,19H,12-13,21H2,1-3H3,(H,22,25);1H. The molecule has 2 aromatic carbocycles. The summed E-state index contributed by atoms with van der Waals surface area (Å²) in [4.78, 5) is 25.3. The van der Waals surface area contributed by atoms with Crippen LogP contribution in [-0.4, -0.2) is 37.4 Å². The van der Waals surface area contributed by atoms with Gasteiger partial charge in [0.15, 0.2) is 6.61 Å². The number of amides is 2. The van der Waals surface area contributed by atoms with Crippen LogP contribution in [0.3, 0.4) is 0 Å². The minimum Gasteiger partial charge on any atom is -0.484 e. The third-order valence-corrected chi connectivity index (χ3v) is 3.95. The number of benzene rings is 2. The largest absolute Gasteiger partial charge is 0.484 e. The van der Waals surface area contributed by atoms with Gasteiger partial charge >= 0.3 is 0 Å². The molecule has 0 saturated heterocycles. The Bertz CT molecular complexity index is 763. The highest BCUT2D eigenvalue weighted by molar-refractivity contribution is 5.85. The predicted molar refractivity (Wildman–Crippen MR) is 108 cm³/mol. The number of rotatable bonds is 7. The smallest absolute Gasteiger partial charge is 0.259 e. The first-order valence-corrected chi connectivity index (χ1v) is 8.38. The van der Waals surface area contributed by atoms with Crippen LogP contribution < -0.4 is 15.8 Å². The number of nitrogens with one attached hydrogen (secondary N) is 1. The molecule has 3 N–H and O–H groups in total. The van der Waals surface area contributed by atoms with Crippen LogP contribution in [0.2, 0.25) is 0 Å². The van der Waals surface area contributed by atoms with Gasteiger partial charge in [0, 0.05) is 20.6 Å². The van der Waals surface area contributed by atoms with Crippen LogP contribution in [0.25, 0.3) is 0 Å². The zero-order valence-corrected chi connectivity index (χ0v) is 16.6. The summed E-state index contributed by atoms with van der Waals surface area (Å²) in [6.45, 7) is 2.29. The van der Waals surface area contributed by atoms with E-state index in [0.29, 0.717) is 12.3 Å². The SMILES string of the molecule is Cc1ccc(C(N)C(=O)NCc2cccc(OCC(=O)N(C)C)c2)cc1.Cl. The average Bonchev–Trinajstić information content (AvgIpc) is 2.64. The summed E-state index contributed by atoms with van der Waals surface area (Å²) in [5, 5.41) is 2.83. The van der Waals surface area contributed by atoms with Gasteiger partial charge in [0.1, 0.15) is 11.8 Å². The van der Waals surface area contributed by atoms with E-state index in [-0.39, 0.29) is 30.8 Å². The van der Waals surface area contributed by atoms with Crippen LogP contribution >= 0.6 is 12.4 Å². The van der Waals surface area contributed by atoms with E-state index in [1.54, 1.807) is 26.2 Å². The molecule has 1 unspecified atom stereocenters. The number of hydrogen-bond donors (Lipinski definition) is 2. The number of ether oxygens (including phenoxy) is 1. The Morgan fingerprint density at radius 2 is 1.81 bits per heavy atom. The zero-order chi connectivity index (χ0) is 19.1. The molecular weight excluding hydrogens is 366 g/mol. The molecule has 0 spiro atoms. The second-order valence-electron chi connectivity index (χ2n) is 6.33. The summed E-state index contributed by atoms with van der Waals surface area (Å²) in [6, 6.07) is 14.1. The fraction of sp³-hybridized carbons (Fsp3) is 0.300. The maximum Gasteiger partial charge on any atom is 0.259 e. The van der Waals surface area contributed by atoms with E-state index in [9.17, 15) is 9.59 Å². The Labute approximate surface area is 166 Å². The number of halogens is 1. The van der Waals surface area contributed by atoms with Crippen molar-refractivity contribution in [3.05, 3.63) is 65.2 Å². The van der Waals surface area contributed by atoms with Gasteiger partial charge in [0.2, 0.25) is 5.91 Å². The molecule has 0 aliphatic carbocycles. The maximum atomic E-state index is 12.3. The van der Waals surface area contributed by atoms with Crippen LogP contribution in [0.15, 0.2) is 48.5 Å². The number of carbonyl (C=O) groups excluding carboxylic acids is 2. The minimum absolute atomic E-state index is 0. The summed E-state index contributed by atoms with van der Waals surface area (Å²) in [5.41, 5.74) is 8.77. The van der Waals surface area contributed by atoms with Gasteiger partial charge in [-0.1, -0.05) is 42.0 Å². The molecule has 0 fully saturated rings. The summed E-state index contributed by atoms with van der Waals surface area (Å²) < 4.78 is 5.48. The molecule has 27 heavy (non-hydrogen) atoms. The Morgan fingerprint density at radius 1 is 1.15 bits per heavy atom. The van der Waals surface area contributed by atoms with E-state index in [2.05, 4.69) is 5.32 Å². The lowest BCUT2D eigenvalue weighted by atomic mass is 10.1. The van der Waals surface area contributed by atoms with Gasteiger partial charge in [0.25, 0.3) is 5.91 Å². The Morgan fingerprint density at radius 3 is 2.44 bits per heavy atom. The lowest BCUT2D eigenvalue weighted by molar-refractivity contribution is -0.130. The molecule has 0 saturated carbocycles. The summed E-state index contributed by atoms with van der Waals surface area (Å²) in [5.74, 6) is 0.213. The highest BCUT2D eigenvalue weighted by Gasteiger charge is 2.15. The van der Waals surface area contributed by atoms with Gasteiger partial charge in [-0.15, -0.1) is 12.4 Å². The molecule has 7 heteroatoms. The van der Waals surface area contributed by atoms with Crippen molar-refractivity contribution in [3.8, 4) is 5.75 Å². The van der Waals surface area contributed by atoms with Crippen LogP contribution in [0.5, 0.6) is 5.75 Å². The number of nitrogens with two attached hydrogens (primary N) is 1. The molecule has 0 radical (unpaired) electrons. The van der Waals surface area contributed by atoms with E-state index in [4.69, 9.17) is 10.5 Å². The number of nitrogens with zero attached hydrogens (tertiary/aromatic N) is 1. The second kappa shape index (κ2) is 10.5. The zero-order valence-electron chi connectivity index (χ0n) is 15.8. The summed E-state index contributed by atoms with van der Waals surface area (Å²) in [6.07, 6.45) is 0. The Balaban J connectivity index is 0.00000364. The first-order valence-electron chi connectivity index (χ1n) is 8.38. The first kappa shape index (κ1) is 22.5. The fourth-order valence-corrected chi connectivity index (χ4v) is 2.24. The van der Waals surface area contributed by atoms with Crippen molar-refractivity contribution in [2.24, 2.45) is 5.73 Å². The molecule has 2 rings (SSSR count). The molecular formula is C20H26ClN3O3. The maximum absolute atomic E-state index is 12.3. The third-order valence-electron chi connectivity index (χ3n) is 3.95. The predicted octanol–water partition coefficient (Wildman–Crippen LogP) is 2.20. The minimum atomic E-state index is -0.715. The van der Waals surface area contributed by atoms with E-state index in [1.165, 1.54) is 4.90 Å². The number of aryl methyl sites for hydroxylation is 1. The lowest BCUT2D eigenvalue weighted by Crippen LogP contribution is -2.33. The third kappa shape index (κ3) is 6.92. The molecule has 0 aromatic heterocycles. The molecule has 2 aromatic rings. The number of likely N-dealkylation sites (N-methyl/N-ethyl adjacent to an activating group) is 1. The number of carbonyl (C=O) groups is 2. The molecule has 2 amide bonds. The van der Waals surface area contributed by atoms with Crippen molar-refractivity contribution in [2.45, 2.75) is 19.5 Å². The van der Waals surface area contributed by atoms with Crippen molar-refractivity contribution in [3.63, 3.8) is 0 Å². The topological polar surface area (TPSA) is 84.7 Å². The quantitative estimate of drug-likeness (QED) is 0.757. The van der Waals surface area contributed by atoms with Crippen molar-refractivity contribution < 1.29 is 14.3 Å². The fourth-order valence-electron chi connectivity index (χ4n) is 2.24. The molecule has 6 nitrogen and oxygen atoms in total. The van der Waals surface area contributed by atoms with Crippen LogP contribution in [-0.2, 0) is 16.1 Å². The second-order valence-corrected chi connectivity index (χ2v) is 6.33. The van der Waals surface area contributed by atoms with Crippen molar-refractivity contribution in [1.82, 2.24) is 10.2 Å². The highest BCUT2D eigenvalue weighted by Crippen LogP contribution is 2.15. The van der Waals surface area contributed by atoms with Gasteiger partial charge in [-0.3, -0.25) is 9.59 Å². The van der Waals surface area contributed by atoms with Crippen LogP contribution in [0.1, 0.15) is 22.7 Å². The summed E-state index contributed by atoms with van der Waals surface area (Å²) in [7, 11) is 3.35. The molecule has 1 atom stereocenters. The van der Waals surface area contributed by atoms with Gasteiger partial charge in [-0.25, -0.2) is 0 Å². The van der Waals surface area contributed by atoms with Gasteiger partial charge < -0.3 is 20.7 Å². The van der Waals surface area contributed by atoms with Crippen LogP contribution in [0.4, 0.5) is 0 Å². The van der Waals surface area contributed by atoms with Crippen molar-refractivity contribution in [2.75, 3.05) is 20.7 Å². The Kier molecular flexibility index (Phi) is 8.78. The van der Waals surface area contributed by atoms with E-state index >= 15 is 0 Å². The first-order chi connectivity index (χ1) is 12.4. The summed E-state index contributed by atoms with van der Waals surface area (Å²) >= 11 is 0. The highest BCUT2D eigenvalue weighted by atomic mass is 35.5. The van der Waals surface area contributed by atoms with Gasteiger partial charge in [-0.2, -0.15) is 0 Å². The van der Waals surface area contributed by atoms with Gasteiger partial charge in [0.05, 0.1) is 0 Å². The van der Waals surface area contributed by atoms with Crippen molar-refractivity contribution in [1.29, 1.82) is 0 Å². The molecule has 0 aliphatic rings. The Hall–Kier alpha value is -2.57. The van der Waals surface area contributed by atoms with Crippen molar-refractivity contribution >= 4 is 24.2 Å². The molecule has 0 heterocycles. The molecule has 146 valence electrons. The van der Waals surface area contributed by atoms with Gasteiger partial charge in [-0.05, 0) is 30.2 Å². The lowest BCUT2D eigenvalue weighted by Gasteiger charge is -2.14. The average molecular weight is 392 g/mol. The van der Waals surface area contributed by atoms with E-state index in [1.807, 2.05) is 43.3 Å². The molecule has 0 bridgehead atoms. The number of hydrogen-bond acceptors (Lipinski definition) is 4. The van der Waals surface area contributed by atoms with E-state index in [0.717, 1.165) is 16.7 Å². The van der Waals surface area contributed by atoms with Crippen LogP contribution in [0, 0.1) is 6.92 Å². The normalized spacial score (nSPS) is 11.1.